The largest absolute Gasteiger partial charge is 0.469 e. The summed E-state index contributed by atoms with van der Waals surface area (Å²) in [6, 6.07) is 1.44. The van der Waals surface area contributed by atoms with Crippen molar-refractivity contribution in [3.05, 3.63) is 18.1 Å². The fourth-order valence-corrected chi connectivity index (χ4v) is 3.54. The summed E-state index contributed by atoms with van der Waals surface area (Å²) in [4.78, 5) is 24.2. The molecule has 2 aromatic heterocycles. The number of thioether (sulfide) groups is 1. The molecule has 1 saturated carbocycles. The van der Waals surface area contributed by atoms with Gasteiger partial charge in [0.25, 0.3) is 11.1 Å². The summed E-state index contributed by atoms with van der Waals surface area (Å²) >= 11 is 1.10. The number of carbonyl (C=O) groups is 2. The maximum atomic E-state index is 12.2. The van der Waals surface area contributed by atoms with Gasteiger partial charge < -0.3 is 14.2 Å². The van der Waals surface area contributed by atoms with Crippen LogP contribution in [0, 0.1) is 6.92 Å². The molecular weight excluding hydrogens is 356 g/mol. The van der Waals surface area contributed by atoms with Crippen LogP contribution in [0.1, 0.15) is 44.8 Å². The van der Waals surface area contributed by atoms with Crippen LogP contribution < -0.4 is 10.6 Å². The summed E-state index contributed by atoms with van der Waals surface area (Å²) < 4.78 is 10.8. The Hall–Kier alpha value is -2.29. The van der Waals surface area contributed by atoms with Crippen LogP contribution in [0.2, 0.25) is 0 Å². The Bertz CT molecular complexity index is 766. The number of imide groups is 1. The molecule has 1 fully saturated rings. The molecule has 3 amide bonds. The van der Waals surface area contributed by atoms with Gasteiger partial charge in [-0.05, 0) is 32.8 Å². The van der Waals surface area contributed by atoms with E-state index in [-0.39, 0.29) is 11.3 Å². The van der Waals surface area contributed by atoms with Crippen LogP contribution in [0.15, 0.2) is 26.4 Å². The lowest BCUT2D eigenvalue weighted by molar-refractivity contribution is -0.119. The maximum Gasteiger partial charge on any atom is 0.321 e. The Morgan fingerprint density at radius 2 is 2.04 bits per heavy atom. The Kier molecular flexibility index (Phi) is 5.97. The minimum Gasteiger partial charge on any atom is -0.469 e. The Morgan fingerprint density at radius 3 is 2.73 bits per heavy atom. The highest BCUT2D eigenvalue weighted by atomic mass is 32.2. The van der Waals surface area contributed by atoms with E-state index in [1.54, 1.807) is 26.2 Å². The van der Waals surface area contributed by atoms with Gasteiger partial charge in [0.05, 0.1) is 17.1 Å². The normalized spacial score (nSPS) is 16.2. The van der Waals surface area contributed by atoms with Crippen molar-refractivity contribution in [2.75, 3.05) is 0 Å². The number of hydrogen-bond donors (Lipinski definition) is 2. The zero-order valence-corrected chi connectivity index (χ0v) is 15.6. The fraction of sp³-hybridized carbons (Fsp3) is 0.529. The summed E-state index contributed by atoms with van der Waals surface area (Å²) in [6.45, 7) is 3.48. The van der Waals surface area contributed by atoms with E-state index in [0.29, 0.717) is 17.2 Å². The molecule has 0 spiro atoms. The molecule has 140 valence electrons. The number of rotatable bonds is 5. The molecule has 1 atom stereocenters. The van der Waals surface area contributed by atoms with Crippen molar-refractivity contribution in [2.45, 2.75) is 62.5 Å². The molecule has 2 aromatic rings. The van der Waals surface area contributed by atoms with Crippen LogP contribution in [0.4, 0.5) is 4.79 Å². The van der Waals surface area contributed by atoms with Crippen molar-refractivity contribution in [3.63, 3.8) is 0 Å². The van der Waals surface area contributed by atoms with Gasteiger partial charge in [-0.25, -0.2) is 4.79 Å². The first-order valence-electron chi connectivity index (χ1n) is 8.69. The van der Waals surface area contributed by atoms with Crippen molar-refractivity contribution in [1.82, 2.24) is 20.8 Å². The molecule has 1 aliphatic carbocycles. The molecular formula is C17H22N4O4S. The van der Waals surface area contributed by atoms with E-state index < -0.39 is 17.2 Å². The zero-order valence-electron chi connectivity index (χ0n) is 14.8. The summed E-state index contributed by atoms with van der Waals surface area (Å²) in [6.07, 6.45) is 6.90. The predicted octanol–water partition coefficient (Wildman–Crippen LogP) is 3.28. The molecule has 8 nitrogen and oxygen atoms in total. The van der Waals surface area contributed by atoms with Gasteiger partial charge in [-0.3, -0.25) is 10.1 Å². The van der Waals surface area contributed by atoms with E-state index in [2.05, 4.69) is 20.8 Å². The van der Waals surface area contributed by atoms with Crippen molar-refractivity contribution in [3.8, 4) is 11.5 Å². The lowest BCUT2D eigenvalue weighted by atomic mass is 9.96. The standard InChI is InChI=1S/C17H22N4O4S/c1-10-13(8-9-24-10)15-20-21-17(25-15)26-11(2)14(22)19-16(23)18-12-6-4-3-5-7-12/h8-9,11-12H,3-7H2,1-2H3,(H2,18,19,22,23). The lowest BCUT2D eigenvalue weighted by Gasteiger charge is -2.22. The van der Waals surface area contributed by atoms with Crippen molar-refractivity contribution < 1.29 is 18.4 Å². The SMILES string of the molecule is Cc1occc1-c1nnc(SC(C)C(=O)NC(=O)NC2CCCCC2)o1. The van der Waals surface area contributed by atoms with Crippen molar-refractivity contribution in [1.29, 1.82) is 0 Å². The third kappa shape index (κ3) is 4.66. The number of carbonyl (C=O) groups excluding carboxylic acids is 2. The molecule has 0 saturated heterocycles. The van der Waals surface area contributed by atoms with E-state index >= 15 is 0 Å². The fourth-order valence-electron chi connectivity index (χ4n) is 2.86. The number of nitrogens with zero attached hydrogens (tertiary/aromatic N) is 2. The molecule has 1 aliphatic rings. The monoisotopic (exact) mass is 378 g/mol. The Morgan fingerprint density at radius 1 is 1.27 bits per heavy atom. The third-order valence-corrected chi connectivity index (χ3v) is 5.25. The first-order chi connectivity index (χ1) is 12.5. The number of hydrogen-bond acceptors (Lipinski definition) is 7. The summed E-state index contributed by atoms with van der Waals surface area (Å²) in [5, 5.41) is 12.8. The van der Waals surface area contributed by atoms with Gasteiger partial charge in [-0.1, -0.05) is 31.0 Å². The van der Waals surface area contributed by atoms with E-state index in [4.69, 9.17) is 8.83 Å². The molecule has 1 unspecified atom stereocenters. The second-order valence-electron chi connectivity index (χ2n) is 6.32. The topological polar surface area (TPSA) is 110 Å². The molecule has 3 rings (SSSR count). The van der Waals surface area contributed by atoms with E-state index in [0.717, 1.165) is 37.4 Å². The van der Waals surface area contributed by atoms with Gasteiger partial charge in [0.15, 0.2) is 0 Å². The molecule has 0 bridgehead atoms. The van der Waals surface area contributed by atoms with Gasteiger partial charge in [0, 0.05) is 6.04 Å². The molecule has 0 radical (unpaired) electrons. The van der Waals surface area contributed by atoms with Crippen LogP contribution >= 0.6 is 11.8 Å². The molecule has 9 heteroatoms. The third-order valence-electron chi connectivity index (χ3n) is 4.32. The minimum absolute atomic E-state index is 0.149. The van der Waals surface area contributed by atoms with Gasteiger partial charge in [0.1, 0.15) is 5.76 Å². The highest BCUT2D eigenvalue weighted by molar-refractivity contribution is 8.00. The number of nitrogens with one attached hydrogen (secondary N) is 2. The van der Waals surface area contributed by atoms with Gasteiger partial charge in [0.2, 0.25) is 5.91 Å². The second-order valence-corrected chi connectivity index (χ2v) is 7.61. The maximum absolute atomic E-state index is 12.2. The lowest BCUT2D eigenvalue weighted by Crippen LogP contribution is -2.47. The molecule has 0 aromatic carbocycles. The van der Waals surface area contributed by atoms with E-state index in [9.17, 15) is 9.59 Å². The van der Waals surface area contributed by atoms with E-state index in [1.165, 1.54) is 6.42 Å². The van der Waals surface area contributed by atoms with Crippen LogP contribution in [-0.4, -0.2) is 33.4 Å². The van der Waals surface area contributed by atoms with E-state index in [1.807, 2.05) is 0 Å². The van der Waals surface area contributed by atoms with Crippen molar-refractivity contribution >= 4 is 23.7 Å². The van der Waals surface area contributed by atoms with Gasteiger partial charge in [-0.2, -0.15) is 0 Å². The summed E-state index contributed by atoms with van der Waals surface area (Å²) in [7, 11) is 0. The number of urea groups is 1. The number of amides is 3. The number of furan rings is 1. The quantitative estimate of drug-likeness (QED) is 0.768. The molecule has 2 heterocycles. The minimum atomic E-state index is -0.550. The zero-order chi connectivity index (χ0) is 18.5. The average Bonchev–Trinajstić information content (AvgIpc) is 3.24. The second kappa shape index (κ2) is 8.39. The number of aromatic nitrogens is 2. The van der Waals surface area contributed by atoms with Crippen LogP contribution in [0.25, 0.3) is 11.5 Å². The molecule has 26 heavy (non-hydrogen) atoms. The predicted molar refractivity (Wildman–Crippen MR) is 95.6 cm³/mol. The van der Waals surface area contributed by atoms with Gasteiger partial charge in [-0.15, -0.1) is 10.2 Å². The first kappa shape index (κ1) is 18.5. The smallest absolute Gasteiger partial charge is 0.321 e. The summed E-state index contributed by atoms with van der Waals surface area (Å²) in [5.41, 5.74) is 0.716. The van der Waals surface area contributed by atoms with Crippen LogP contribution in [-0.2, 0) is 4.79 Å². The summed E-state index contributed by atoms with van der Waals surface area (Å²) in [5.74, 6) is 0.610. The molecule has 0 aliphatic heterocycles. The molecule has 2 N–H and O–H groups in total. The Labute approximate surface area is 155 Å². The van der Waals surface area contributed by atoms with Crippen molar-refractivity contribution in [2.24, 2.45) is 0 Å². The van der Waals surface area contributed by atoms with Crippen LogP contribution in [0.3, 0.4) is 0 Å². The van der Waals surface area contributed by atoms with Gasteiger partial charge >= 0.3 is 6.03 Å². The highest BCUT2D eigenvalue weighted by Gasteiger charge is 2.22. The highest BCUT2D eigenvalue weighted by Crippen LogP contribution is 2.28. The van der Waals surface area contributed by atoms with Crippen LogP contribution in [0.5, 0.6) is 0 Å². The number of aryl methyl sites for hydroxylation is 1. The first-order valence-corrected chi connectivity index (χ1v) is 9.57. The Balaban J connectivity index is 1.50. The average molecular weight is 378 g/mol.